The molecule has 6 nitrogen and oxygen atoms in total. The van der Waals surface area contributed by atoms with E-state index in [4.69, 9.17) is 0 Å². The molecule has 1 N–H and O–H groups in total. The predicted molar refractivity (Wildman–Crippen MR) is 99.3 cm³/mol. The van der Waals surface area contributed by atoms with Crippen molar-refractivity contribution in [1.29, 1.82) is 0 Å². The molecule has 2 heterocycles. The monoisotopic (exact) mass is 395 g/mol. The number of hydrogen-bond donors (Lipinski definition) is 1. The van der Waals surface area contributed by atoms with Crippen LogP contribution in [0.4, 0.5) is 23.7 Å². The van der Waals surface area contributed by atoms with E-state index in [2.05, 4.69) is 15.3 Å². The quantitative estimate of drug-likeness (QED) is 0.808. The number of aromatic nitrogens is 2. The number of nitrogens with zero attached hydrogens (tertiary/aromatic N) is 4. The summed E-state index contributed by atoms with van der Waals surface area (Å²) >= 11 is 0. The van der Waals surface area contributed by atoms with Crippen LogP contribution in [0.1, 0.15) is 24.4 Å². The maximum atomic E-state index is 13.8. The van der Waals surface area contributed by atoms with Gasteiger partial charge in [0, 0.05) is 50.6 Å². The van der Waals surface area contributed by atoms with Crippen molar-refractivity contribution >= 4 is 11.7 Å². The third-order valence-electron chi connectivity index (χ3n) is 5.16. The highest BCUT2D eigenvalue weighted by Crippen LogP contribution is 2.35. The molecule has 0 bridgehead atoms. The lowest BCUT2D eigenvalue weighted by atomic mass is 9.86. The highest BCUT2D eigenvalue weighted by molar-refractivity contribution is 5.89. The molecule has 0 spiro atoms. The summed E-state index contributed by atoms with van der Waals surface area (Å²) in [6.45, 7) is 1.36. The van der Waals surface area contributed by atoms with Crippen molar-refractivity contribution in [3.63, 3.8) is 0 Å². The van der Waals surface area contributed by atoms with Crippen molar-refractivity contribution in [2.24, 2.45) is 13.0 Å². The van der Waals surface area contributed by atoms with Gasteiger partial charge >= 0.3 is 6.03 Å². The lowest BCUT2D eigenvalue weighted by Gasteiger charge is -2.40. The Morgan fingerprint density at radius 1 is 1.32 bits per heavy atom. The van der Waals surface area contributed by atoms with Gasteiger partial charge in [-0.25, -0.2) is 18.0 Å². The number of carbonyl (C=O) groups is 1. The van der Waals surface area contributed by atoms with Crippen LogP contribution in [0.5, 0.6) is 0 Å². The van der Waals surface area contributed by atoms with E-state index in [0.717, 1.165) is 31.0 Å². The van der Waals surface area contributed by atoms with Gasteiger partial charge in [0.2, 0.25) is 0 Å². The molecule has 28 heavy (non-hydrogen) atoms. The van der Waals surface area contributed by atoms with Gasteiger partial charge in [-0.2, -0.15) is 5.10 Å². The Bertz CT molecular complexity index is 856. The number of nitrogens with one attached hydrogen (secondary N) is 1. The van der Waals surface area contributed by atoms with Gasteiger partial charge < -0.3 is 10.2 Å². The summed E-state index contributed by atoms with van der Waals surface area (Å²) in [5.74, 6) is -3.44. The summed E-state index contributed by atoms with van der Waals surface area (Å²) in [6.07, 6.45) is 5.70. The molecule has 0 radical (unpaired) electrons. The zero-order valence-corrected chi connectivity index (χ0v) is 16.1. The molecule has 1 fully saturated rings. The van der Waals surface area contributed by atoms with E-state index in [1.54, 1.807) is 11.7 Å². The number of likely N-dealkylation sites (tertiary alicyclic amines) is 1. The molecule has 1 aliphatic heterocycles. The Morgan fingerprint density at radius 2 is 2.07 bits per heavy atom. The first kappa shape index (κ1) is 20.2. The smallest absolute Gasteiger partial charge is 0.321 e. The van der Waals surface area contributed by atoms with Gasteiger partial charge in [-0.1, -0.05) is 0 Å². The Morgan fingerprint density at radius 3 is 2.75 bits per heavy atom. The maximum Gasteiger partial charge on any atom is 0.321 e. The average molecular weight is 395 g/mol. The summed E-state index contributed by atoms with van der Waals surface area (Å²) in [6, 6.07) is 0.672. The minimum atomic E-state index is -1.34. The second-order valence-corrected chi connectivity index (χ2v) is 7.33. The molecule has 1 aromatic heterocycles. The van der Waals surface area contributed by atoms with Gasteiger partial charge in [-0.05, 0) is 32.4 Å². The number of benzene rings is 1. The minimum Gasteiger partial charge on any atom is -0.327 e. The number of aryl methyl sites for hydroxylation is 1. The normalized spacial score (nSPS) is 20.2. The molecule has 0 saturated carbocycles. The number of urea groups is 1. The molecule has 1 aromatic carbocycles. The number of halogens is 3. The maximum absolute atomic E-state index is 13.8. The van der Waals surface area contributed by atoms with Crippen LogP contribution >= 0.6 is 0 Å². The first-order valence-corrected chi connectivity index (χ1v) is 9.11. The van der Waals surface area contributed by atoms with Crippen molar-refractivity contribution < 1.29 is 18.0 Å². The Balaban J connectivity index is 1.71. The van der Waals surface area contributed by atoms with Gasteiger partial charge in [0.05, 0.1) is 11.9 Å². The molecule has 152 valence electrons. The van der Waals surface area contributed by atoms with E-state index in [-0.39, 0.29) is 12.0 Å². The van der Waals surface area contributed by atoms with Gasteiger partial charge in [-0.15, -0.1) is 0 Å². The third kappa shape index (κ3) is 4.30. The van der Waals surface area contributed by atoms with Crippen LogP contribution < -0.4 is 5.32 Å². The molecule has 9 heteroatoms. The second kappa shape index (κ2) is 8.22. The molecular formula is C19H24F3N5O. The summed E-state index contributed by atoms with van der Waals surface area (Å²) in [5, 5.41) is 6.49. The summed E-state index contributed by atoms with van der Waals surface area (Å²) in [5.41, 5.74) is 0.556. The number of anilines is 1. The van der Waals surface area contributed by atoms with E-state index in [1.807, 2.05) is 26.5 Å². The first-order valence-electron chi connectivity index (χ1n) is 9.11. The van der Waals surface area contributed by atoms with Gasteiger partial charge in [0.1, 0.15) is 5.82 Å². The molecule has 0 aliphatic carbocycles. The zero-order valence-electron chi connectivity index (χ0n) is 16.1. The Kier molecular flexibility index (Phi) is 5.93. The van der Waals surface area contributed by atoms with Crippen LogP contribution in [0.2, 0.25) is 0 Å². The lowest BCUT2D eigenvalue weighted by Crippen LogP contribution is -2.43. The summed E-state index contributed by atoms with van der Waals surface area (Å²) in [4.78, 5) is 16.1. The van der Waals surface area contributed by atoms with Crippen molar-refractivity contribution in [3.05, 3.63) is 47.5 Å². The van der Waals surface area contributed by atoms with E-state index < -0.39 is 29.2 Å². The van der Waals surface area contributed by atoms with E-state index >= 15 is 0 Å². The van der Waals surface area contributed by atoms with E-state index in [1.165, 1.54) is 4.90 Å². The van der Waals surface area contributed by atoms with E-state index in [0.29, 0.717) is 12.6 Å². The predicted octanol–water partition coefficient (Wildman–Crippen LogP) is 3.38. The zero-order chi connectivity index (χ0) is 20.4. The standard InChI is InChI=1S/C19H24F3N5O/c1-25-6-4-5-12(18(25)13-9-23-27(3)11-13)10-26(2)19(28)24-16-8-14(20)7-15(21)17(16)22/h7-9,11-12,18H,4-6,10H2,1-3H3,(H,24,28)/t12-,18+/m0/s1. The lowest BCUT2D eigenvalue weighted by molar-refractivity contribution is 0.101. The van der Waals surface area contributed by atoms with Crippen LogP contribution in [0.15, 0.2) is 24.5 Å². The number of hydrogen-bond acceptors (Lipinski definition) is 3. The third-order valence-corrected chi connectivity index (χ3v) is 5.16. The Hall–Kier alpha value is -2.55. The number of amides is 2. The molecule has 3 rings (SSSR count). The fourth-order valence-electron chi connectivity index (χ4n) is 3.86. The summed E-state index contributed by atoms with van der Waals surface area (Å²) in [7, 11) is 5.47. The summed E-state index contributed by atoms with van der Waals surface area (Å²) < 4.78 is 42.2. The molecule has 2 atom stereocenters. The van der Waals surface area contributed by atoms with Crippen molar-refractivity contribution in [2.75, 3.05) is 32.5 Å². The molecule has 1 saturated heterocycles. The highest BCUT2D eigenvalue weighted by Gasteiger charge is 2.33. The largest absolute Gasteiger partial charge is 0.327 e. The van der Waals surface area contributed by atoms with Crippen molar-refractivity contribution in [2.45, 2.75) is 18.9 Å². The first-order chi connectivity index (χ1) is 13.3. The van der Waals surface area contributed by atoms with Crippen molar-refractivity contribution in [1.82, 2.24) is 19.6 Å². The van der Waals surface area contributed by atoms with E-state index in [9.17, 15) is 18.0 Å². The molecule has 1 aliphatic rings. The number of rotatable bonds is 4. The fourth-order valence-corrected chi connectivity index (χ4v) is 3.86. The van der Waals surface area contributed by atoms with Crippen LogP contribution in [0.3, 0.4) is 0 Å². The van der Waals surface area contributed by atoms with Gasteiger partial charge in [0.15, 0.2) is 11.6 Å². The minimum absolute atomic E-state index is 0.0982. The molecule has 2 amide bonds. The topological polar surface area (TPSA) is 53.4 Å². The van der Waals surface area contributed by atoms with Crippen molar-refractivity contribution in [3.8, 4) is 0 Å². The van der Waals surface area contributed by atoms with Crippen LogP contribution in [-0.4, -0.2) is 52.8 Å². The second-order valence-electron chi connectivity index (χ2n) is 7.33. The number of carbonyl (C=O) groups excluding carboxylic acids is 1. The van der Waals surface area contributed by atoms with Gasteiger partial charge in [-0.3, -0.25) is 9.58 Å². The van der Waals surface area contributed by atoms with Crippen LogP contribution in [-0.2, 0) is 7.05 Å². The highest BCUT2D eigenvalue weighted by atomic mass is 19.2. The molecule has 0 unspecified atom stereocenters. The van der Waals surface area contributed by atoms with Crippen LogP contribution in [0, 0.1) is 23.4 Å². The average Bonchev–Trinajstić information content (AvgIpc) is 3.05. The molecular weight excluding hydrogens is 371 g/mol. The number of piperidine rings is 1. The Labute approximate surface area is 161 Å². The van der Waals surface area contributed by atoms with Crippen LogP contribution in [0.25, 0.3) is 0 Å². The fraction of sp³-hybridized carbons (Fsp3) is 0.474. The van der Waals surface area contributed by atoms with Gasteiger partial charge in [0.25, 0.3) is 0 Å². The SMILES string of the molecule is CN(C[C@@H]1CCCN(C)[C@H]1c1cnn(C)c1)C(=O)Nc1cc(F)cc(F)c1F. The molecule has 2 aromatic rings.